The zero-order valence-electron chi connectivity index (χ0n) is 11.7. The van der Waals surface area contributed by atoms with Gasteiger partial charge in [0.15, 0.2) is 0 Å². The van der Waals surface area contributed by atoms with E-state index in [9.17, 15) is 4.79 Å². The lowest BCUT2D eigenvalue weighted by molar-refractivity contribution is -0.134. The summed E-state index contributed by atoms with van der Waals surface area (Å²) in [5.74, 6) is 0.994. The first-order valence-corrected chi connectivity index (χ1v) is 7.28. The molecule has 2 rings (SSSR count). The first kappa shape index (κ1) is 15.8. The number of nitrogens with one attached hydrogen (secondary N) is 1. The lowest BCUT2D eigenvalue weighted by atomic mass is 9.98. The molecule has 2 unspecified atom stereocenters. The number of nitrogens with zero attached hydrogens (tertiary/aromatic N) is 1. The van der Waals surface area contributed by atoms with Crippen LogP contribution in [-0.4, -0.2) is 36.0 Å². The van der Waals surface area contributed by atoms with Gasteiger partial charge in [-0.15, -0.1) is 12.4 Å². The predicted octanol–water partition coefficient (Wildman–Crippen LogP) is 2.59. The van der Waals surface area contributed by atoms with Gasteiger partial charge < -0.3 is 10.2 Å². The van der Waals surface area contributed by atoms with Gasteiger partial charge in [-0.2, -0.15) is 0 Å². The fraction of sp³-hybridized carbons (Fsp3) is 0.929. The van der Waals surface area contributed by atoms with E-state index >= 15 is 0 Å². The Morgan fingerprint density at radius 2 is 1.89 bits per heavy atom. The van der Waals surface area contributed by atoms with Crippen molar-refractivity contribution in [3.63, 3.8) is 0 Å². The van der Waals surface area contributed by atoms with E-state index in [0.717, 1.165) is 38.8 Å². The zero-order chi connectivity index (χ0) is 12.3. The molecule has 0 saturated carbocycles. The van der Waals surface area contributed by atoms with Crippen molar-refractivity contribution in [1.82, 2.24) is 10.2 Å². The molecule has 2 saturated heterocycles. The van der Waals surface area contributed by atoms with Crippen LogP contribution in [0.25, 0.3) is 0 Å². The molecule has 1 N–H and O–H groups in total. The molecule has 0 aromatic rings. The summed E-state index contributed by atoms with van der Waals surface area (Å²) < 4.78 is 0. The fourth-order valence-electron chi connectivity index (χ4n) is 3.32. The van der Waals surface area contributed by atoms with Crippen LogP contribution in [0.15, 0.2) is 0 Å². The number of carbonyl (C=O) groups excluding carboxylic acids is 1. The van der Waals surface area contributed by atoms with Gasteiger partial charge in [0.2, 0.25) is 5.91 Å². The van der Waals surface area contributed by atoms with Crippen LogP contribution >= 0.6 is 12.4 Å². The van der Waals surface area contributed by atoms with Crippen LogP contribution in [0.4, 0.5) is 0 Å². The maximum atomic E-state index is 12.4. The molecule has 2 aliphatic heterocycles. The molecule has 2 bridgehead atoms. The second-order valence-corrected chi connectivity index (χ2v) is 5.57. The second kappa shape index (κ2) is 7.34. The maximum absolute atomic E-state index is 12.4. The minimum atomic E-state index is 0. The van der Waals surface area contributed by atoms with Crippen LogP contribution in [0, 0.1) is 5.92 Å². The quantitative estimate of drug-likeness (QED) is 0.855. The van der Waals surface area contributed by atoms with Crippen molar-refractivity contribution in [2.75, 3.05) is 13.1 Å². The molecule has 2 atom stereocenters. The number of carbonyl (C=O) groups is 1. The van der Waals surface area contributed by atoms with Gasteiger partial charge in [0.05, 0.1) is 0 Å². The largest absolute Gasteiger partial charge is 0.335 e. The first-order chi connectivity index (χ1) is 8.26. The number of amides is 1. The Morgan fingerprint density at radius 3 is 2.56 bits per heavy atom. The molecule has 2 heterocycles. The molecule has 4 heteroatoms. The Kier molecular flexibility index (Phi) is 6.44. The Labute approximate surface area is 117 Å². The van der Waals surface area contributed by atoms with E-state index in [0.29, 0.717) is 23.9 Å². The van der Waals surface area contributed by atoms with E-state index < -0.39 is 0 Å². The summed E-state index contributed by atoms with van der Waals surface area (Å²) in [6, 6.07) is 1.00. The summed E-state index contributed by atoms with van der Waals surface area (Å²) in [5.41, 5.74) is 0. The lowest BCUT2D eigenvalue weighted by Crippen LogP contribution is -2.43. The molecule has 0 aromatic heterocycles. The summed E-state index contributed by atoms with van der Waals surface area (Å²) in [6.07, 6.45) is 6.59. The number of hydrogen-bond acceptors (Lipinski definition) is 2. The van der Waals surface area contributed by atoms with Gasteiger partial charge in [-0.25, -0.2) is 0 Å². The smallest absolute Gasteiger partial charge is 0.223 e. The van der Waals surface area contributed by atoms with E-state index in [2.05, 4.69) is 24.1 Å². The van der Waals surface area contributed by atoms with Crippen LogP contribution in [0.3, 0.4) is 0 Å². The fourth-order valence-corrected chi connectivity index (χ4v) is 3.32. The minimum absolute atomic E-state index is 0. The average molecular weight is 275 g/mol. The number of rotatable bonds is 4. The molecule has 106 valence electrons. The molecule has 0 spiro atoms. The van der Waals surface area contributed by atoms with Gasteiger partial charge in [0, 0.05) is 25.0 Å². The highest BCUT2D eigenvalue weighted by atomic mass is 35.5. The Balaban J connectivity index is 0.00000162. The van der Waals surface area contributed by atoms with Crippen molar-refractivity contribution in [3.05, 3.63) is 0 Å². The number of hydrogen-bond donors (Lipinski definition) is 1. The van der Waals surface area contributed by atoms with Gasteiger partial charge >= 0.3 is 0 Å². The van der Waals surface area contributed by atoms with Crippen molar-refractivity contribution in [2.45, 2.75) is 64.5 Å². The van der Waals surface area contributed by atoms with Gasteiger partial charge in [-0.1, -0.05) is 26.7 Å². The topological polar surface area (TPSA) is 32.3 Å². The summed E-state index contributed by atoms with van der Waals surface area (Å²) in [4.78, 5) is 14.7. The third kappa shape index (κ3) is 3.39. The SMILES string of the molecule is CCC(CC)CC(=O)N1C2CCNCC1CC2.Cl. The van der Waals surface area contributed by atoms with E-state index in [1.165, 1.54) is 12.8 Å². The molecule has 3 nitrogen and oxygen atoms in total. The summed E-state index contributed by atoms with van der Waals surface area (Å²) in [7, 11) is 0. The molecule has 0 radical (unpaired) electrons. The predicted molar refractivity (Wildman–Crippen MR) is 77.1 cm³/mol. The standard InChI is InChI=1S/C14H26N2O.ClH/c1-3-11(4-2)9-14(17)16-12-5-6-13(16)10-15-8-7-12;/h11-13,15H,3-10H2,1-2H3;1H. The second-order valence-electron chi connectivity index (χ2n) is 5.57. The average Bonchev–Trinajstić information content (AvgIpc) is 2.59. The molecule has 0 aliphatic carbocycles. The lowest BCUT2D eigenvalue weighted by Gasteiger charge is -2.29. The van der Waals surface area contributed by atoms with Crippen LogP contribution in [0.2, 0.25) is 0 Å². The molecular formula is C14H27ClN2O. The monoisotopic (exact) mass is 274 g/mol. The Bertz CT molecular complexity index is 255. The van der Waals surface area contributed by atoms with E-state index in [4.69, 9.17) is 0 Å². The van der Waals surface area contributed by atoms with Crippen molar-refractivity contribution < 1.29 is 4.79 Å². The minimum Gasteiger partial charge on any atom is -0.335 e. The van der Waals surface area contributed by atoms with Crippen LogP contribution in [0.1, 0.15) is 52.4 Å². The first-order valence-electron chi connectivity index (χ1n) is 7.28. The van der Waals surface area contributed by atoms with Crippen molar-refractivity contribution in [3.8, 4) is 0 Å². The summed E-state index contributed by atoms with van der Waals surface area (Å²) >= 11 is 0. The summed E-state index contributed by atoms with van der Waals surface area (Å²) in [5, 5.41) is 3.45. The Hall–Kier alpha value is -0.280. The highest BCUT2D eigenvalue weighted by Crippen LogP contribution is 2.29. The summed E-state index contributed by atoms with van der Waals surface area (Å²) in [6.45, 7) is 6.47. The highest BCUT2D eigenvalue weighted by Gasteiger charge is 2.37. The van der Waals surface area contributed by atoms with Crippen molar-refractivity contribution in [2.24, 2.45) is 5.92 Å². The molecule has 0 aromatic carbocycles. The third-order valence-corrected chi connectivity index (χ3v) is 4.56. The molecular weight excluding hydrogens is 248 g/mol. The van der Waals surface area contributed by atoms with Crippen LogP contribution in [0.5, 0.6) is 0 Å². The van der Waals surface area contributed by atoms with Gasteiger partial charge in [-0.05, 0) is 31.7 Å². The van der Waals surface area contributed by atoms with Gasteiger partial charge in [0.1, 0.15) is 0 Å². The van der Waals surface area contributed by atoms with Gasteiger partial charge in [0.25, 0.3) is 0 Å². The van der Waals surface area contributed by atoms with Crippen LogP contribution in [-0.2, 0) is 4.79 Å². The van der Waals surface area contributed by atoms with Crippen molar-refractivity contribution in [1.29, 1.82) is 0 Å². The molecule has 2 fully saturated rings. The molecule has 1 amide bonds. The zero-order valence-corrected chi connectivity index (χ0v) is 12.5. The van der Waals surface area contributed by atoms with E-state index in [-0.39, 0.29) is 12.4 Å². The number of fused-ring (bicyclic) bond motifs is 2. The maximum Gasteiger partial charge on any atom is 0.223 e. The highest BCUT2D eigenvalue weighted by molar-refractivity contribution is 5.85. The molecule has 2 aliphatic rings. The number of halogens is 1. The van der Waals surface area contributed by atoms with E-state index in [1.54, 1.807) is 0 Å². The Morgan fingerprint density at radius 1 is 1.22 bits per heavy atom. The molecule has 18 heavy (non-hydrogen) atoms. The normalized spacial score (nSPS) is 26.9. The third-order valence-electron chi connectivity index (χ3n) is 4.56. The van der Waals surface area contributed by atoms with Crippen LogP contribution < -0.4 is 5.32 Å². The van der Waals surface area contributed by atoms with Crippen molar-refractivity contribution >= 4 is 18.3 Å². The van der Waals surface area contributed by atoms with E-state index in [1.807, 2.05) is 0 Å². The van der Waals surface area contributed by atoms with Gasteiger partial charge in [-0.3, -0.25) is 4.79 Å².